The van der Waals surface area contributed by atoms with Crippen LogP contribution in [0.25, 0.3) is 11.1 Å². The van der Waals surface area contributed by atoms with Gasteiger partial charge in [0, 0.05) is 23.7 Å². The van der Waals surface area contributed by atoms with Gasteiger partial charge in [-0.1, -0.05) is 66.7 Å². The number of carbonyl (C=O) groups is 4. The van der Waals surface area contributed by atoms with E-state index in [9.17, 15) is 19.2 Å². The molecule has 0 aromatic heterocycles. The predicted molar refractivity (Wildman–Crippen MR) is 185 cm³/mol. The second-order valence-electron chi connectivity index (χ2n) is 12.3. The minimum absolute atomic E-state index is 0.00578. The Morgan fingerprint density at radius 2 is 1.53 bits per heavy atom. The van der Waals surface area contributed by atoms with Crippen LogP contribution in [0.4, 0.5) is 16.2 Å². The van der Waals surface area contributed by atoms with Gasteiger partial charge in [-0.05, 0) is 71.3 Å². The van der Waals surface area contributed by atoms with Crippen LogP contribution < -0.4 is 21.7 Å². The van der Waals surface area contributed by atoms with Gasteiger partial charge in [-0.25, -0.2) is 9.79 Å². The summed E-state index contributed by atoms with van der Waals surface area (Å²) in [4.78, 5) is 56.7. The SMILES string of the molecule is N[C@@H](CCCCNC(=O)OCC1c2ccccc2-c2ccccc21)C(=O)NCC(=O)Nc1ccc2c(c1)CN1C(=O)c3ccccc3C1=N2. The Kier molecular flexibility index (Phi) is 8.91. The summed E-state index contributed by atoms with van der Waals surface area (Å²) >= 11 is 0. The van der Waals surface area contributed by atoms with Crippen LogP contribution in [0.15, 0.2) is 96.0 Å². The number of nitrogens with zero attached hydrogens (tertiary/aromatic N) is 2. The third-order valence-electron chi connectivity index (χ3n) is 9.13. The highest BCUT2D eigenvalue weighted by Gasteiger charge is 2.36. The third-order valence-corrected chi connectivity index (χ3v) is 9.13. The molecule has 11 nitrogen and oxygen atoms in total. The number of alkyl carbamates (subject to hydrolysis) is 1. The molecular formula is C38H36N6O5. The molecule has 1 atom stereocenters. The molecule has 2 aliphatic heterocycles. The van der Waals surface area contributed by atoms with Crippen LogP contribution >= 0.6 is 0 Å². The van der Waals surface area contributed by atoms with Gasteiger partial charge in [-0.15, -0.1) is 0 Å². The molecule has 3 aliphatic rings. The fourth-order valence-corrected chi connectivity index (χ4v) is 6.67. The lowest BCUT2D eigenvalue weighted by atomic mass is 9.98. The van der Waals surface area contributed by atoms with E-state index >= 15 is 0 Å². The van der Waals surface area contributed by atoms with E-state index in [1.165, 1.54) is 11.1 Å². The van der Waals surface area contributed by atoms with E-state index in [2.05, 4.69) is 40.2 Å². The van der Waals surface area contributed by atoms with Crippen LogP contribution in [0.1, 0.15) is 57.8 Å². The lowest BCUT2D eigenvalue weighted by molar-refractivity contribution is -0.125. The molecule has 0 radical (unpaired) electrons. The molecule has 4 aromatic rings. The van der Waals surface area contributed by atoms with Crippen molar-refractivity contribution in [2.45, 2.75) is 37.8 Å². The molecule has 11 heteroatoms. The molecule has 0 unspecified atom stereocenters. The number of aliphatic imine (C=N–C) groups is 1. The average Bonchev–Trinajstić information content (AvgIpc) is 3.59. The van der Waals surface area contributed by atoms with E-state index in [4.69, 9.17) is 15.5 Å². The zero-order valence-corrected chi connectivity index (χ0v) is 26.8. The summed E-state index contributed by atoms with van der Waals surface area (Å²) < 4.78 is 5.56. The molecular weight excluding hydrogens is 620 g/mol. The van der Waals surface area contributed by atoms with Crippen LogP contribution in [-0.4, -0.2) is 60.3 Å². The fraction of sp³-hybridized carbons (Fsp3) is 0.237. The van der Waals surface area contributed by atoms with Crippen LogP contribution in [0.3, 0.4) is 0 Å². The first-order chi connectivity index (χ1) is 23.9. The molecule has 4 aromatic carbocycles. The quantitative estimate of drug-likeness (QED) is 0.170. The lowest BCUT2D eigenvalue weighted by Gasteiger charge is -2.24. The number of amides is 4. The molecule has 1 aliphatic carbocycles. The largest absolute Gasteiger partial charge is 0.449 e. The molecule has 0 saturated heterocycles. The topological polar surface area (TPSA) is 155 Å². The molecule has 4 amide bonds. The Balaban J connectivity index is 0.800. The Morgan fingerprint density at radius 3 is 2.27 bits per heavy atom. The van der Waals surface area contributed by atoms with Crippen molar-refractivity contribution < 1.29 is 23.9 Å². The third kappa shape index (κ3) is 6.53. The molecule has 0 saturated carbocycles. The van der Waals surface area contributed by atoms with E-state index in [-0.39, 0.29) is 25.0 Å². The summed E-state index contributed by atoms with van der Waals surface area (Å²) in [6.45, 7) is 0.738. The highest BCUT2D eigenvalue weighted by atomic mass is 16.5. The molecule has 2 heterocycles. The highest BCUT2D eigenvalue weighted by Crippen LogP contribution is 2.44. The first kappa shape index (κ1) is 31.8. The summed E-state index contributed by atoms with van der Waals surface area (Å²) in [5.41, 5.74) is 14.2. The van der Waals surface area contributed by atoms with E-state index in [0.717, 1.165) is 27.9 Å². The molecule has 49 heavy (non-hydrogen) atoms. The summed E-state index contributed by atoms with van der Waals surface area (Å²) in [5.74, 6) is -0.304. The summed E-state index contributed by atoms with van der Waals surface area (Å²) in [6.07, 6.45) is 1.13. The number of anilines is 1. The van der Waals surface area contributed by atoms with E-state index < -0.39 is 23.9 Å². The van der Waals surface area contributed by atoms with Crippen molar-refractivity contribution >= 4 is 41.0 Å². The van der Waals surface area contributed by atoms with Crippen LogP contribution in [0.5, 0.6) is 0 Å². The maximum absolute atomic E-state index is 12.9. The normalized spacial score (nSPS) is 14.4. The van der Waals surface area contributed by atoms with Gasteiger partial charge >= 0.3 is 6.09 Å². The Morgan fingerprint density at radius 1 is 0.857 bits per heavy atom. The Bertz CT molecular complexity index is 1950. The first-order valence-electron chi connectivity index (χ1n) is 16.4. The maximum Gasteiger partial charge on any atom is 0.407 e. The van der Waals surface area contributed by atoms with Crippen molar-refractivity contribution in [3.05, 3.63) is 119 Å². The van der Waals surface area contributed by atoms with Gasteiger partial charge in [0.2, 0.25) is 11.8 Å². The lowest BCUT2D eigenvalue weighted by Crippen LogP contribution is -2.43. The number of amidine groups is 1. The van der Waals surface area contributed by atoms with Crippen molar-refractivity contribution in [3.8, 4) is 11.1 Å². The molecule has 7 rings (SSSR count). The summed E-state index contributed by atoms with van der Waals surface area (Å²) in [6, 6.07) is 28.3. The van der Waals surface area contributed by atoms with E-state index in [1.807, 2.05) is 42.5 Å². The highest BCUT2D eigenvalue weighted by molar-refractivity contribution is 6.24. The van der Waals surface area contributed by atoms with Crippen molar-refractivity contribution in [1.82, 2.24) is 15.5 Å². The van der Waals surface area contributed by atoms with Gasteiger partial charge in [0.05, 0.1) is 30.4 Å². The predicted octanol–water partition coefficient (Wildman–Crippen LogP) is 4.83. The van der Waals surface area contributed by atoms with Gasteiger partial charge in [-0.3, -0.25) is 19.3 Å². The van der Waals surface area contributed by atoms with Crippen LogP contribution in [0, 0.1) is 0 Å². The van der Waals surface area contributed by atoms with Crippen molar-refractivity contribution in [1.29, 1.82) is 0 Å². The Labute approximate surface area is 283 Å². The number of benzene rings is 4. The molecule has 5 N–H and O–H groups in total. The minimum atomic E-state index is -0.792. The number of hydrogen-bond donors (Lipinski definition) is 4. The average molecular weight is 657 g/mol. The fourth-order valence-electron chi connectivity index (χ4n) is 6.67. The zero-order valence-electron chi connectivity index (χ0n) is 26.8. The molecule has 0 bridgehead atoms. The van der Waals surface area contributed by atoms with E-state index in [0.29, 0.717) is 49.4 Å². The molecule has 0 spiro atoms. The van der Waals surface area contributed by atoms with Gasteiger partial charge in [0.1, 0.15) is 12.4 Å². The number of nitrogens with two attached hydrogens (primary N) is 1. The Hall–Kier alpha value is -5.81. The van der Waals surface area contributed by atoms with Gasteiger partial charge in [0.25, 0.3) is 5.91 Å². The maximum atomic E-state index is 12.9. The number of carbonyl (C=O) groups excluding carboxylic acids is 4. The number of hydrogen-bond acceptors (Lipinski definition) is 7. The summed E-state index contributed by atoms with van der Waals surface area (Å²) in [7, 11) is 0. The number of unbranched alkanes of at least 4 members (excludes halogenated alkanes) is 1. The van der Waals surface area contributed by atoms with Crippen molar-refractivity contribution in [2.75, 3.05) is 25.0 Å². The van der Waals surface area contributed by atoms with Crippen LogP contribution in [-0.2, 0) is 20.9 Å². The van der Waals surface area contributed by atoms with E-state index in [1.54, 1.807) is 29.2 Å². The summed E-state index contributed by atoms with van der Waals surface area (Å²) in [5, 5.41) is 8.15. The van der Waals surface area contributed by atoms with Crippen LogP contribution in [0.2, 0.25) is 0 Å². The number of ether oxygens (including phenoxy) is 1. The second-order valence-corrected chi connectivity index (χ2v) is 12.3. The number of fused-ring (bicyclic) bond motifs is 7. The smallest absolute Gasteiger partial charge is 0.407 e. The first-order valence-corrected chi connectivity index (χ1v) is 16.4. The number of rotatable bonds is 11. The minimum Gasteiger partial charge on any atom is -0.449 e. The van der Waals surface area contributed by atoms with Crippen molar-refractivity contribution in [3.63, 3.8) is 0 Å². The van der Waals surface area contributed by atoms with Gasteiger partial charge < -0.3 is 26.4 Å². The standard InChI is InChI=1S/C38H36N6O5/c39-32(15-7-8-18-40-38(48)49-22-31-27-11-3-1-9-25(27)26-10-2-4-12-28(26)31)36(46)41-20-34(45)42-24-16-17-33-23(19-24)21-44-35(43-33)29-13-5-6-14-30(29)37(44)47/h1-6,9-14,16-17,19,31-32H,7-8,15,18,20-22,39H2,(H,40,48)(H,41,46)(H,42,45)/t32-/m0/s1. The van der Waals surface area contributed by atoms with Gasteiger partial charge in [-0.2, -0.15) is 0 Å². The number of nitrogens with one attached hydrogen (secondary N) is 3. The zero-order chi connectivity index (χ0) is 33.9. The molecule has 248 valence electrons. The monoisotopic (exact) mass is 656 g/mol. The van der Waals surface area contributed by atoms with Gasteiger partial charge in [0.15, 0.2) is 0 Å². The molecule has 0 fully saturated rings. The second kappa shape index (κ2) is 13.7. The van der Waals surface area contributed by atoms with Crippen molar-refractivity contribution in [2.24, 2.45) is 10.7 Å².